The first-order chi connectivity index (χ1) is 10.9. The molecule has 0 bridgehead atoms. The Balaban J connectivity index is 2.04. The molecule has 3 rings (SSSR count). The van der Waals surface area contributed by atoms with Gasteiger partial charge < -0.3 is 24.7 Å². The van der Waals surface area contributed by atoms with Crippen LogP contribution in [0.1, 0.15) is 13.2 Å². The minimum atomic E-state index is -5.11. The van der Waals surface area contributed by atoms with Crippen molar-refractivity contribution in [1.82, 2.24) is 9.55 Å². The normalized spacial score (nSPS) is 41.2. The van der Waals surface area contributed by atoms with Crippen LogP contribution in [0.5, 0.6) is 0 Å². The number of hydrogen-bond acceptors (Lipinski definition) is 7. The third-order valence-corrected chi connectivity index (χ3v) is 4.97. The fraction of sp³-hybridized carbons (Fsp3) is 0.636. The lowest BCUT2D eigenvalue weighted by Gasteiger charge is -2.32. The van der Waals surface area contributed by atoms with Gasteiger partial charge in [0.15, 0.2) is 17.4 Å². The number of rotatable bonds is 4. The molecule has 2 heterocycles. The Bertz CT molecular complexity index is 846. The van der Waals surface area contributed by atoms with Crippen LogP contribution in [-0.2, 0) is 13.8 Å². The SMILES string of the molecule is C[C@]1(O)[C@H](n2ccc(=O)[nH]c2=O)O[C@]2(CF)C(OP(=O)(O)O)[C@]12O. The average Bonchev–Trinajstić information content (AvgIpc) is 2.87. The standard InChI is InChI=1S/C11H14FN2O9P/c1-9(17)7(14-3-2-5(15)13-8(14)16)22-10(4-12)6(11(9,10)18)23-24(19,20)21/h2-3,6-7,17-18H,4H2,1H3,(H,13,15,16)(H2,19,20,21)/t6?,7-,9+,10-,11+/m1/s1. The van der Waals surface area contributed by atoms with E-state index in [1.165, 1.54) is 0 Å². The van der Waals surface area contributed by atoms with Gasteiger partial charge in [-0.05, 0) is 6.92 Å². The second kappa shape index (κ2) is 4.82. The smallest absolute Gasteiger partial charge is 0.382 e. The number of aromatic amines is 1. The molecule has 0 aromatic carbocycles. The summed E-state index contributed by atoms with van der Waals surface area (Å²) in [5.74, 6) is 0. The number of phosphoric acid groups is 1. The van der Waals surface area contributed by atoms with E-state index in [4.69, 9.17) is 14.5 Å². The number of hydrogen-bond donors (Lipinski definition) is 5. The Morgan fingerprint density at radius 1 is 1.46 bits per heavy atom. The molecule has 13 heteroatoms. The van der Waals surface area contributed by atoms with Gasteiger partial charge in [0.1, 0.15) is 18.4 Å². The maximum atomic E-state index is 13.5. The van der Waals surface area contributed by atoms with E-state index < -0.39 is 54.9 Å². The van der Waals surface area contributed by atoms with E-state index in [0.29, 0.717) is 0 Å². The summed E-state index contributed by atoms with van der Waals surface area (Å²) in [4.78, 5) is 42.5. The van der Waals surface area contributed by atoms with Crippen LogP contribution < -0.4 is 11.2 Å². The van der Waals surface area contributed by atoms with Crippen LogP contribution >= 0.6 is 7.82 Å². The molecule has 0 amide bonds. The van der Waals surface area contributed by atoms with Crippen molar-refractivity contribution in [3.63, 3.8) is 0 Å². The molecular formula is C11H14FN2O9P. The second-order valence-electron chi connectivity index (χ2n) is 5.90. The first-order valence-electron chi connectivity index (χ1n) is 6.64. The summed E-state index contributed by atoms with van der Waals surface area (Å²) in [5.41, 5.74) is -8.85. The first-order valence-corrected chi connectivity index (χ1v) is 8.18. The third kappa shape index (κ3) is 2.02. The zero-order valence-corrected chi connectivity index (χ0v) is 13.0. The molecule has 5 N–H and O–H groups in total. The van der Waals surface area contributed by atoms with Gasteiger partial charge in [-0.3, -0.25) is 18.9 Å². The number of nitrogens with zero attached hydrogens (tertiary/aromatic N) is 1. The number of H-pyrrole nitrogens is 1. The lowest BCUT2D eigenvalue weighted by molar-refractivity contribution is -0.166. The zero-order chi connectivity index (χ0) is 18.1. The highest BCUT2D eigenvalue weighted by atomic mass is 31.2. The van der Waals surface area contributed by atoms with E-state index in [0.717, 1.165) is 23.8 Å². The molecular weight excluding hydrogens is 354 g/mol. The largest absolute Gasteiger partial charge is 0.470 e. The lowest BCUT2D eigenvalue weighted by atomic mass is 9.94. The van der Waals surface area contributed by atoms with Crippen LogP contribution in [0.15, 0.2) is 21.9 Å². The van der Waals surface area contributed by atoms with Gasteiger partial charge >= 0.3 is 13.5 Å². The Labute approximate surface area is 132 Å². The fourth-order valence-corrected chi connectivity index (χ4v) is 3.84. The predicted octanol–water partition coefficient (Wildman–Crippen LogP) is -2.25. The molecule has 24 heavy (non-hydrogen) atoms. The van der Waals surface area contributed by atoms with Crippen LogP contribution in [0.4, 0.5) is 4.39 Å². The van der Waals surface area contributed by atoms with Crippen molar-refractivity contribution >= 4 is 7.82 Å². The second-order valence-corrected chi connectivity index (χ2v) is 7.09. The molecule has 2 fully saturated rings. The maximum absolute atomic E-state index is 13.5. The maximum Gasteiger partial charge on any atom is 0.470 e. The molecule has 11 nitrogen and oxygen atoms in total. The highest BCUT2D eigenvalue weighted by Crippen LogP contribution is 2.70. The molecule has 1 saturated carbocycles. The number of phosphoric ester groups is 1. The van der Waals surface area contributed by atoms with Gasteiger partial charge in [-0.2, -0.15) is 0 Å². The van der Waals surface area contributed by atoms with E-state index in [9.17, 15) is 28.8 Å². The van der Waals surface area contributed by atoms with Crippen molar-refractivity contribution in [2.75, 3.05) is 6.67 Å². The number of alkyl halides is 1. The number of aliphatic hydroxyl groups is 2. The highest BCUT2D eigenvalue weighted by molar-refractivity contribution is 7.46. The molecule has 1 aromatic heterocycles. The molecule has 0 spiro atoms. The van der Waals surface area contributed by atoms with Crippen molar-refractivity contribution < 1.29 is 38.2 Å². The van der Waals surface area contributed by atoms with E-state index in [1.807, 2.05) is 4.98 Å². The van der Waals surface area contributed by atoms with Gasteiger partial charge in [-0.25, -0.2) is 13.8 Å². The molecule has 134 valence electrons. The van der Waals surface area contributed by atoms with E-state index >= 15 is 0 Å². The minimum absolute atomic E-state index is 0.720. The van der Waals surface area contributed by atoms with Crippen LogP contribution in [0.2, 0.25) is 0 Å². The third-order valence-electron chi connectivity index (χ3n) is 4.48. The Hall–Kier alpha value is -1.40. The summed E-state index contributed by atoms with van der Waals surface area (Å²) in [6.45, 7) is -0.450. The van der Waals surface area contributed by atoms with Crippen molar-refractivity contribution in [2.45, 2.75) is 36.1 Å². The fourth-order valence-electron chi connectivity index (χ4n) is 3.25. The van der Waals surface area contributed by atoms with Crippen LogP contribution in [0, 0.1) is 0 Å². The van der Waals surface area contributed by atoms with Gasteiger partial charge in [0.05, 0.1) is 0 Å². The van der Waals surface area contributed by atoms with Crippen molar-refractivity contribution in [3.8, 4) is 0 Å². The van der Waals surface area contributed by atoms with Gasteiger partial charge in [0.25, 0.3) is 5.56 Å². The number of nitrogens with one attached hydrogen (secondary N) is 1. The highest BCUT2D eigenvalue weighted by Gasteiger charge is 2.93. The Morgan fingerprint density at radius 2 is 2.08 bits per heavy atom. The average molecular weight is 368 g/mol. The summed E-state index contributed by atoms with van der Waals surface area (Å²) in [6.07, 6.45) is -2.50. The molecule has 1 aromatic rings. The molecule has 5 atom stereocenters. The summed E-state index contributed by atoms with van der Waals surface area (Å²) in [5, 5.41) is 21.2. The predicted molar refractivity (Wildman–Crippen MR) is 72.6 cm³/mol. The van der Waals surface area contributed by atoms with Crippen LogP contribution in [0.25, 0.3) is 0 Å². The molecule has 1 saturated heterocycles. The van der Waals surface area contributed by atoms with Crippen molar-refractivity contribution in [3.05, 3.63) is 33.1 Å². The number of fused-ring (bicyclic) bond motifs is 1. The first kappa shape index (κ1) is 17.4. The summed E-state index contributed by atoms with van der Waals surface area (Å²) in [7, 11) is -5.11. The molecule has 2 aliphatic rings. The minimum Gasteiger partial charge on any atom is -0.382 e. The van der Waals surface area contributed by atoms with Crippen molar-refractivity contribution in [1.29, 1.82) is 0 Å². The molecule has 1 unspecified atom stereocenters. The molecule has 0 radical (unpaired) electrons. The zero-order valence-electron chi connectivity index (χ0n) is 12.1. The molecule has 1 aliphatic heterocycles. The Kier molecular flexibility index (Phi) is 3.50. The van der Waals surface area contributed by atoms with Gasteiger partial charge in [-0.1, -0.05) is 0 Å². The van der Waals surface area contributed by atoms with E-state index in [1.54, 1.807) is 0 Å². The van der Waals surface area contributed by atoms with Gasteiger partial charge in [0, 0.05) is 12.3 Å². The topological polar surface area (TPSA) is 171 Å². The monoisotopic (exact) mass is 368 g/mol. The number of halogens is 1. The summed E-state index contributed by atoms with van der Waals surface area (Å²) in [6, 6.07) is 0.945. The van der Waals surface area contributed by atoms with Crippen LogP contribution in [0.3, 0.4) is 0 Å². The Morgan fingerprint density at radius 3 is 2.54 bits per heavy atom. The lowest BCUT2D eigenvalue weighted by Crippen LogP contribution is -2.51. The van der Waals surface area contributed by atoms with Gasteiger partial charge in [0.2, 0.25) is 0 Å². The van der Waals surface area contributed by atoms with Gasteiger partial charge in [-0.15, -0.1) is 0 Å². The van der Waals surface area contributed by atoms with E-state index in [2.05, 4.69) is 4.52 Å². The summed E-state index contributed by atoms with van der Waals surface area (Å²) < 4.78 is 34.8. The molecule has 1 aliphatic carbocycles. The van der Waals surface area contributed by atoms with Crippen LogP contribution in [-0.4, -0.2) is 59.1 Å². The summed E-state index contributed by atoms with van der Waals surface area (Å²) >= 11 is 0. The quantitative estimate of drug-likeness (QED) is 0.368. The number of aromatic nitrogens is 2. The van der Waals surface area contributed by atoms with E-state index in [-0.39, 0.29) is 0 Å². The van der Waals surface area contributed by atoms with Crippen molar-refractivity contribution in [2.24, 2.45) is 0 Å². The number of ether oxygens (including phenoxy) is 1.